The minimum atomic E-state index is -5.87. The highest BCUT2D eigenvalue weighted by atomic mass is 35.5. The molecule has 1 aromatic carbocycles. The Morgan fingerprint density at radius 3 is 2.30 bits per heavy atom. The van der Waals surface area contributed by atoms with E-state index < -0.39 is 29.8 Å². The highest BCUT2D eigenvalue weighted by molar-refractivity contribution is 6.42. The minimum Gasteiger partial charge on any atom is -0.377 e. The van der Waals surface area contributed by atoms with Gasteiger partial charge in [0.25, 0.3) is 0 Å². The summed E-state index contributed by atoms with van der Waals surface area (Å²) in [6.07, 6.45) is -6.34. The van der Waals surface area contributed by atoms with E-state index in [1.807, 2.05) is 0 Å². The second kappa shape index (κ2) is 4.97. The van der Waals surface area contributed by atoms with Crippen LogP contribution in [0.1, 0.15) is 24.1 Å². The number of halogens is 7. The Morgan fingerprint density at radius 2 is 1.70 bits per heavy atom. The van der Waals surface area contributed by atoms with Crippen molar-refractivity contribution in [1.29, 1.82) is 0 Å². The monoisotopic (exact) mass is 373 g/mol. The summed E-state index contributed by atoms with van der Waals surface area (Å²) in [5.74, 6) is -5.29. The molecule has 1 aliphatic rings. The Morgan fingerprint density at radius 1 is 1.09 bits per heavy atom. The van der Waals surface area contributed by atoms with Gasteiger partial charge in [0.15, 0.2) is 5.60 Å². The van der Waals surface area contributed by atoms with Gasteiger partial charge in [-0.1, -0.05) is 23.2 Å². The van der Waals surface area contributed by atoms with Gasteiger partial charge in [-0.25, -0.2) is 0 Å². The Balaban J connectivity index is 2.28. The van der Waals surface area contributed by atoms with Crippen LogP contribution in [-0.4, -0.2) is 22.2 Å². The minimum absolute atomic E-state index is 0.0115. The smallest absolute Gasteiger partial charge is 0.377 e. The van der Waals surface area contributed by atoms with Gasteiger partial charge in [0, 0.05) is 10.9 Å². The van der Waals surface area contributed by atoms with Crippen molar-refractivity contribution in [2.24, 2.45) is 0 Å². The molecule has 126 valence electrons. The molecule has 1 atom stereocenters. The van der Waals surface area contributed by atoms with Crippen LogP contribution < -0.4 is 0 Å². The van der Waals surface area contributed by atoms with Crippen LogP contribution >= 0.6 is 23.2 Å². The molecule has 0 saturated carbocycles. The summed E-state index contributed by atoms with van der Waals surface area (Å²) >= 11 is 11.7. The molecule has 0 radical (unpaired) electrons. The van der Waals surface area contributed by atoms with Crippen LogP contribution in [0.25, 0.3) is 10.9 Å². The number of alkyl halides is 5. The van der Waals surface area contributed by atoms with Crippen molar-refractivity contribution in [2.45, 2.75) is 37.0 Å². The third kappa shape index (κ3) is 2.24. The van der Waals surface area contributed by atoms with E-state index in [1.165, 1.54) is 12.1 Å². The van der Waals surface area contributed by atoms with E-state index in [-0.39, 0.29) is 34.0 Å². The van der Waals surface area contributed by atoms with Gasteiger partial charge < -0.3 is 10.1 Å². The van der Waals surface area contributed by atoms with Crippen LogP contribution in [0.3, 0.4) is 0 Å². The maximum Gasteiger partial charge on any atom is 0.456 e. The first-order valence-corrected chi connectivity index (χ1v) is 7.41. The molecule has 0 spiro atoms. The lowest BCUT2D eigenvalue weighted by Crippen LogP contribution is -2.56. The predicted molar refractivity (Wildman–Crippen MR) is 76.2 cm³/mol. The maximum atomic E-state index is 13.9. The summed E-state index contributed by atoms with van der Waals surface area (Å²) in [5.41, 5.74) is -3.42. The third-order valence-electron chi connectivity index (χ3n) is 4.20. The first-order chi connectivity index (χ1) is 10.5. The van der Waals surface area contributed by atoms with Crippen molar-refractivity contribution in [3.63, 3.8) is 0 Å². The van der Waals surface area contributed by atoms with Gasteiger partial charge in [-0.15, -0.1) is 0 Å². The lowest BCUT2D eigenvalue weighted by Gasteiger charge is -2.39. The molecule has 2 N–H and O–H groups in total. The van der Waals surface area contributed by atoms with Gasteiger partial charge in [-0.2, -0.15) is 22.0 Å². The number of rotatable bonds is 1. The van der Waals surface area contributed by atoms with Crippen LogP contribution in [0.15, 0.2) is 12.1 Å². The lowest BCUT2D eigenvalue weighted by atomic mass is 9.78. The standard InChI is InChI=1S/C14H10Cl2F5NO/c15-8-4-7-6-2-1-3-12(23,13(17,18)14(19,20)21)11(6)22-10(7)5-9(8)16/h4-5,22-23H,1-3H2. The number of aliphatic hydroxyl groups is 1. The summed E-state index contributed by atoms with van der Waals surface area (Å²) in [6.45, 7) is 0. The number of benzene rings is 1. The molecular formula is C14H10Cl2F5NO. The molecule has 1 aliphatic carbocycles. The number of H-pyrrole nitrogens is 1. The fourth-order valence-corrected chi connectivity index (χ4v) is 3.38. The molecule has 0 amide bonds. The van der Waals surface area contributed by atoms with Gasteiger partial charge in [0.2, 0.25) is 0 Å². The van der Waals surface area contributed by atoms with E-state index in [0.29, 0.717) is 5.39 Å². The molecule has 0 bridgehead atoms. The van der Waals surface area contributed by atoms with Crippen molar-refractivity contribution in [3.05, 3.63) is 33.4 Å². The molecule has 1 unspecified atom stereocenters. The normalized spacial score (nSPS) is 22.4. The van der Waals surface area contributed by atoms with E-state index >= 15 is 0 Å². The largest absolute Gasteiger partial charge is 0.456 e. The van der Waals surface area contributed by atoms with Crippen LogP contribution in [0.4, 0.5) is 22.0 Å². The highest BCUT2D eigenvalue weighted by Crippen LogP contribution is 2.54. The topological polar surface area (TPSA) is 36.0 Å². The summed E-state index contributed by atoms with van der Waals surface area (Å²) in [7, 11) is 0. The number of hydrogen-bond acceptors (Lipinski definition) is 1. The molecule has 2 aromatic rings. The second-order valence-corrected chi connectivity index (χ2v) is 6.39. The third-order valence-corrected chi connectivity index (χ3v) is 4.92. The molecule has 2 nitrogen and oxygen atoms in total. The maximum absolute atomic E-state index is 13.9. The number of aromatic amines is 1. The average molecular weight is 374 g/mol. The van der Waals surface area contributed by atoms with Gasteiger partial charge >= 0.3 is 12.1 Å². The summed E-state index contributed by atoms with van der Waals surface area (Å²) < 4.78 is 66.2. The van der Waals surface area contributed by atoms with E-state index in [0.717, 1.165) is 0 Å². The first kappa shape index (κ1) is 16.8. The molecule has 1 aromatic heterocycles. The molecule has 1 heterocycles. The van der Waals surface area contributed by atoms with Crippen LogP contribution in [-0.2, 0) is 12.0 Å². The fourth-order valence-electron chi connectivity index (χ4n) is 3.05. The highest BCUT2D eigenvalue weighted by Gasteiger charge is 2.71. The Kier molecular flexibility index (Phi) is 3.63. The second-order valence-electron chi connectivity index (χ2n) is 5.58. The van der Waals surface area contributed by atoms with Crippen molar-refractivity contribution in [2.75, 3.05) is 0 Å². The van der Waals surface area contributed by atoms with E-state index in [9.17, 15) is 27.1 Å². The summed E-state index contributed by atoms with van der Waals surface area (Å²) in [5, 5.41) is 10.9. The molecule has 23 heavy (non-hydrogen) atoms. The average Bonchev–Trinajstić information content (AvgIpc) is 2.77. The summed E-state index contributed by atoms with van der Waals surface area (Å²) in [6, 6.07) is 2.73. The first-order valence-electron chi connectivity index (χ1n) is 6.66. The van der Waals surface area contributed by atoms with Crippen molar-refractivity contribution >= 4 is 34.1 Å². The SMILES string of the molecule is OC1(C(F)(F)C(F)(F)F)CCCc2c1[nH]c1cc(Cl)c(Cl)cc21. The zero-order chi connectivity index (χ0) is 17.2. The van der Waals surface area contributed by atoms with Crippen LogP contribution in [0, 0.1) is 0 Å². The Bertz CT molecular complexity index is 786. The number of nitrogens with one attached hydrogen (secondary N) is 1. The van der Waals surface area contributed by atoms with Crippen molar-refractivity contribution in [1.82, 2.24) is 4.98 Å². The van der Waals surface area contributed by atoms with E-state index in [2.05, 4.69) is 4.98 Å². The molecule has 0 saturated heterocycles. The van der Waals surface area contributed by atoms with Crippen molar-refractivity contribution in [3.8, 4) is 0 Å². The Hall–Kier alpha value is -1.05. The molecule has 9 heteroatoms. The zero-order valence-electron chi connectivity index (χ0n) is 11.4. The number of aryl methyl sites for hydroxylation is 1. The number of hydrogen-bond donors (Lipinski definition) is 2. The quantitative estimate of drug-likeness (QED) is 0.662. The zero-order valence-corrected chi connectivity index (χ0v) is 12.9. The Labute approximate surface area is 137 Å². The number of aromatic nitrogens is 1. The van der Waals surface area contributed by atoms with E-state index in [1.54, 1.807) is 0 Å². The van der Waals surface area contributed by atoms with Crippen molar-refractivity contribution < 1.29 is 27.1 Å². The van der Waals surface area contributed by atoms with Gasteiger partial charge in [-0.05, 0) is 37.0 Å². The summed E-state index contributed by atoms with van der Waals surface area (Å²) in [4.78, 5) is 2.48. The molecule has 3 rings (SSSR count). The van der Waals surface area contributed by atoms with Gasteiger partial charge in [0.1, 0.15) is 0 Å². The van der Waals surface area contributed by atoms with Crippen LogP contribution in [0.2, 0.25) is 10.0 Å². The predicted octanol–water partition coefficient (Wildman–Crippen LogP) is 5.20. The molecular weight excluding hydrogens is 364 g/mol. The van der Waals surface area contributed by atoms with E-state index in [4.69, 9.17) is 23.2 Å². The van der Waals surface area contributed by atoms with Crippen LogP contribution in [0.5, 0.6) is 0 Å². The number of fused-ring (bicyclic) bond motifs is 3. The fraction of sp³-hybridized carbons (Fsp3) is 0.429. The van der Waals surface area contributed by atoms with Gasteiger partial charge in [0.05, 0.1) is 15.7 Å². The van der Waals surface area contributed by atoms with Gasteiger partial charge in [-0.3, -0.25) is 0 Å². The molecule has 0 fully saturated rings. The molecule has 0 aliphatic heterocycles. The lowest BCUT2D eigenvalue weighted by molar-refractivity contribution is -0.349.